The maximum atomic E-state index is 10.3. The molecule has 0 saturated heterocycles. The Labute approximate surface area is 225 Å². The van der Waals surface area contributed by atoms with Crippen LogP contribution in [0.15, 0.2) is 65.2 Å². The van der Waals surface area contributed by atoms with Crippen molar-refractivity contribution in [2.24, 2.45) is 12.5 Å². The SMILES string of the molecule is Cc1ccc2c(oc3c(-c4ccc(C(C)(C)C)c5c4CC(C)(C)C5)c(C#N)ccc32)c1-c1cccc[n+]1C. The first-order valence-corrected chi connectivity index (χ1v) is 13.5. The van der Waals surface area contributed by atoms with E-state index in [0.717, 1.165) is 62.7 Å². The van der Waals surface area contributed by atoms with Crippen LogP contribution in [0.25, 0.3) is 44.3 Å². The molecule has 0 atom stereocenters. The third-order valence-corrected chi connectivity index (χ3v) is 8.27. The standard InChI is InChI=1S/C35H35N2O/c1-21-11-13-24-25-14-12-22(20-36)31(33(25)38-32(24)30(21)29-10-8-9-17-37(29)7)23-15-16-28(34(2,3)4)27-19-35(5,6)18-26(23)27/h8-17H,18-19H2,1-7H3/q+1. The van der Waals surface area contributed by atoms with Crippen molar-refractivity contribution in [3.05, 3.63) is 88.6 Å². The number of rotatable bonds is 2. The second-order valence-electron chi connectivity index (χ2n) is 12.8. The van der Waals surface area contributed by atoms with Crippen LogP contribution >= 0.6 is 0 Å². The van der Waals surface area contributed by atoms with Gasteiger partial charge in [-0.05, 0) is 76.6 Å². The minimum Gasteiger partial charge on any atom is -0.454 e. The fraction of sp³-hybridized carbons (Fsp3) is 0.314. The third kappa shape index (κ3) is 3.66. The molecule has 2 aromatic heterocycles. The van der Waals surface area contributed by atoms with Crippen molar-refractivity contribution < 1.29 is 8.98 Å². The predicted octanol–water partition coefficient (Wildman–Crippen LogP) is 8.35. The zero-order valence-electron chi connectivity index (χ0n) is 23.5. The Morgan fingerprint density at radius 1 is 0.868 bits per heavy atom. The number of benzene rings is 3. The predicted molar refractivity (Wildman–Crippen MR) is 155 cm³/mol. The summed E-state index contributed by atoms with van der Waals surface area (Å²) in [5, 5.41) is 12.4. The van der Waals surface area contributed by atoms with Gasteiger partial charge in [-0.15, -0.1) is 0 Å². The van der Waals surface area contributed by atoms with Crippen molar-refractivity contribution in [1.29, 1.82) is 5.26 Å². The van der Waals surface area contributed by atoms with Crippen LogP contribution in [0.1, 0.15) is 62.4 Å². The highest BCUT2D eigenvalue weighted by Crippen LogP contribution is 2.48. The Kier molecular flexibility index (Phi) is 5.34. The molecule has 0 N–H and O–H groups in total. The van der Waals surface area contributed by atoms with E-state index in [4.69, 9.17) is 4.42 Å². The molecule has 38 heavy (non-hydrogen) atoms. The van der Waals surface area contributed by atoms with E-state index in [1.165, 1.54) is 16.7 Å². The summed E-state index contributed by atoms with van der Waals surface area (Å²) >= 11 is 0. The molecule has 2 heterocycles. The molecular weight excluding hydrogens is 464 g/mol. The van der Waals surface area contributed by atoms with E-state index >= 15 is 0 Å². The van der Waals surface area contributed by atoms with E-state index in [2.05, 4.69) is 108 Å². The van der Waals surface area contributed by atoms with Crippen LogP contribution in [0.4, 0.5) is 0 Å². The number of aromatic nitrogens is 1. The molecule has 0 aliphatic heterocycles. The van der Waals surface area contributed by atoms with Crippen molar-refractivity contribution >= 4 is 21.9 Å². The quantitative estimate of drug-likeness (QED) is 0.229. The molecule has 5 aromatic rings. The van der Waals surface area contributed by atoms with Gasteiger partial charge in [-0.2, -0.15) is 5.26 Å². The molecule has 190 valence electrons. The average Bonchev–Trinajstić information content (AvgIpc) is 3.39. The summed E-state index contributed by atoms with van der Waals surface area (Å²) in [5.74, 6) is 0. The van der Waals surface area contributed by atoms with E-state index in [-0.39, 0.29) is 10.8 Å². The van der Waals surface area contributed by atoms with E-state index in [0.29, 0.717) is 5.56 Å². The fourth-order valence-corrected chi connectivity index (χ4v) is 6.52. The van der Waals surface area contributed by atoms with E-state index in [1.54, 1.807) is 0 Å². The normalized spacial score (nSPS) is 14.7. The topological polar surface area (TPSA) is 40.8 Å². The highest BCUT2D eigenvalue weighted by molar-refractivity contribution is 6.14. The van der Waals surface area contributed by atoms with Crippen molar-refractivity contribution in [1.82, 2.24) is 0 Å². The van der Waals surface area contributed by atoms with Gasteiger partial charge in [0.25, 0.3) is 0 Å². The molecule has 0 fully saturated rings. The number of fused-ring (bicyclic) bond motifs is 4. The summed E-state index contributed by atoms with van der Waals surface area (Å²) in [4.78, 5) is 0. The average molecular weight is 500 g/mol. The van der Waals surface area contributed by atoms with Crippen LogP contribution in [0.2, 0.25) is 0 Å². The lowest BCUT2D eigenvalue weighted by atomic mass is 9.80. The van der Waals surface area contributed by atoms with Gasteiger partial charge in [0.15, 0.2) is 6.20 Å². The number of nitrogens with zero attached hydrogens (tertiary/aromatic N) is 2. The van der Waals surface area contributed by atoms with E-state index in [1.807, 2.05) is 12.1 Å². The Morgan fingerprint density at radius 2 is 1.55 bits per heavy atom. The maximum Gasteiger partial charge on any atom is 0.216 e. The molecule has 0 saturated carbocycles. The lowest BCUT2D eigenvalue weighted by Crippen LogP contribution is -2.30. The van der Waals surface area contributed by atoms with Gasteiger partial charge < -0.3 is 4.42 Å². The van der Waals surface area contributed by atoms with Crippen molar-refractivity contribution in [3.8, 4) is 28.5 Å². The van der Waals surface area contributed by atoms with Gasteiger partial charge in [-0.25, -0.2) is 4.57 Å². The lowest BCUT2D eigenvalue weighted by molar-refractivity contribution is -0.660. The summed E-state index contributed by atoms with van der Waals surface area (Å²) in [7, 11) is 2.07. The molecule has 0 amide bonds. The lowest BCUT2D eigenvalue weighted by Gasteiger charge is -2.24. The van der Waals surface area contributed by atoms with Crippen LogP contribution in [0.5, 0.6) is 0 Å². The highest BCUT2D eigenvalue weighted by atomic mass is 16.3. The molecule has 1 aliphatic rings. The van der Waals surface area contributed by atoms with E-state index < -0.39 is 0 Å². The number of nitriles is 1. The minimum absolute atomic E-state index is 0.0596. The summed E-state index contributed by atoms with van der Waals surface area (Å²) in [6.45, 7) is 13.7. The summed E-state index contributed by atoms with van der Waals surface area (Å²) < 4.78 is 8.98. The maximum absolute atomic E-state index is 10.3. The van der Waals surface area contributed by atoms with Gasteiger partial charge in [0.1, 0.15) is 18.2 Å². The van der Waals surface area contributed by atoms with Crippen LogP contribution in [0, 0.1) is 23.7 Å². The van der Waals surface area contributed by atoms with Crippen molar-refractivity contribution in [2.45, 2.75) is 59.8 Å². The first-order chi connectivity index (χ1) is 18.0. The first kappa shape index (κ1) is 24.4. The van der Waals surface area contributed by atoms with Crippen LogP contribution in [0.3, 0.4) is 0 Å². The second kappa shape index (κ2) is 8.30. The number of hydrogen-bond donors (Lipinski definition) is 0. The largest absolute Gasteiger partial charge is 0.454 e. The molecule has 3 nitrogen and oxygen atoms in total. The van der Waals surface area contributed by atoms with Gasteiger partial charge in [-0.1, -0.05) is 58.9 Å². The molecule has 0 bridgehead atoms. The zero-order valence-corrected chi connectivity index (χ0v) is 23.5. The third-order valence-electron chi connectivity index (χ3n) is 8.27. The molecule has 6 rings (SSSR count). The van der Waals surface area contributed by atoms with Crippen LogP contribution < -0.4 is 4.57 Å². The fourth-order valence-electron chi connectivity index (χ4n) is 6.52. The first-order valence-electron chi connectivity index (χ1n) is 13.5. The van der Waals surface area contributed by atoms with Gasteiger partial charge in [-0.3, -0.25) is 0 Å². The summed E-state index contributed by atoms with van der Waals surface area (Å²) in [5.41, 5.74) is 12.3. The molecule has 1 aliphatic carbocycles. The summed E-state index contributed by atoms with van der Waals surface area (Å²) in [6, 6.07) is 21.6. The molecule has 0 unspecified atom stereocenters. The minimum atomic E-state index is 0.0596. The van der Waals surface area contributed by atoms with E-state index in [9.17, 15) is 5.26 Å². The highest BCUT2D eigenvalue weighted by Gasteiger charge is 2.35. The molecule has 3 heteroatoms. The monoisotopic (exact) mass is 499 g/mol. The Hall–Kier alpha value is -3.90. The molecule has 0 radical (unpaired) electrons. The van der Waals surface area contributed by atoms with Crippen molar-refractivity contribution in [2.75, 3.05) is 0 Å². The van der Waals surface area contributed by atoms with Gasteiger partial charge in [0.05, 0.1) is 17.2 Å². The Bertz CT molecular complexity index is 1800. The number of furan rings is 1. The molecule has 3 aromatic carbocycles. The number of pyridine rings is 1. The number of aryl methyl sites for hydroxylation is 2. The smallest absolute Gasteiger partial charge is 0.216 e. The molecule has 0 spiro atoms. The van der Waals surface area contributed by atoms with Gasteiger partial charge >= 0.3 is 0 Å². The summed E-state index contributed by atoms with van der Waals surface area (Å²) in [6.07, 6.45) is 4.11. The zero-order chi connectivity index (χ0) is 27.0. The van der Waals surface area contributed by atoms with Gasteiger partial charge in [0.2, 0.25) is 5.69 Å². The van der Waals surface area contributed by atoms with Crippen LogP contribution in [-0.2, 0) is 25.3 Å². The Balaban J connectivity index is 1.71. The Morgan fingerprint density at radius 3 is 2.24 bits per heavy atom. The van der Waals surface area contributed by atoms with Gasteiger partial charge in [0, 0.05) is 28.5 Å². The van der Waals surface area contributed by atoms with Crippen molar-refractivity contribution in [3.63, 3.8) is 0 Å². The molecular formula is C35H35N2O+. The number of hydrogen-bond acceptors (Lipinski definition) is 2. The second-order valence-corrected chi connectivity index (χ2v) is 12.8. The van der Waals surface area contributed by atoms with Crippen LogP contribution in [-0.4, -0.2) is 0 Å².